The number of H-pyrrole nitrogens is 1. The molecule has 0 spiro atoms. The molecule has 1 amide bonds. The van der Waals surface area contributed by atoms with E-state index in [-0.39, 0.29) is 5.91 Å². The van der Waals surface area contributed by atoms with Gasteiger partial charge in [0.05, 0.1) is 18.8 Å². The second-order valence-electron chi connectivity index (χ2n) is 5.85. The van der Waals surface area contributed by atoms with E-state index in [9.17, 15) is 4.79 Å². The van der Waals surface area contributed by atoms with Crippen LogP contribution in [0.3, 0.4) is 0 Å². The lowest BCUT2D eigenvalue weighted by molar-refractivity contribution is -0.0246. The lowest BCUT2D eigenvalue weighted by Gasteiger charge is -2.32. The number of nitrogens with two attached hydrogens (primary N) is 1. The normalized spacial score (nSPS) is 17.2. The Hall–Kier alpha value is -3.33. The highest BCUT2D eigenvalue weighted by molar-refractivity contribution is 5.93. The Morgan fingerprint density at radius 3 is 3.00 bits per heavy atom. The Morgan fingerprint density at radius 1 is 1.31 bits per heavy atom. The largest absolute Gasteiger partial charge is 0.382 e. The molecule has 4 rings (SSSR count). The molecule has 0 bridgehead atoms. The summed E-state index contributed by atoms with van der Waals surface area (Å²) in [6.45, 7) is 1.23. The number of carbonyl (C=O) groups excluding carboxylic acids is 1. The zero-order chi connectivity index (χ0) is 17.9. The minimum Gasteiger partial charge on any atom is -0.382 e. The first-order valence-electron chi connectivity index (χ1n) is 8.15. The van der Waals surface area contributed by atoms with E-state index in [1.54, 1.807) is 29.6 Å². The van der Waals surface area contributed by atoms with Crippen molar-refractivity contribution < 1.29 is 9.53 Å². The Morgan fingerprint density at radius 2 is 2.19 bits per heavy atom. The zero-order valence-corrected chi connectivity index (χ0v) is 13.9. The molecule has 1 aliphatic rings. The average molecular weight is 351 g/mol. The molecule has 3 N–H and O–H groups in total. The molecular weight excluding hydrogens is 334 g/mol. The Kier molecular flexibility index (Phi) is 4.28. The highest BCUT2D eigenvalue weighted by Crippen LogP contribution is 2.25. The number of aromatic nitrogens is 5. The Labute approximate surface area is 149 Å². The third-order valence-electron chi connectivity index (χ3n) is 4.18. The molecule has 9 heteroatoms. The number of nitrogens with one attached hydrogen (secondary N) is 1. The molecule has 26 heavy (non-hydrogen) atoms. The van der Waals surface area contributed by atoms with Crippen molar-refractivity contribution in [3.05, 3.63) is 54.4 Å². The number of ether oxygens (including phenoxy) is 1. The summed E-state index contributed by atoms with van der Waals surface area (Å²) < 4.78 is 5.73. The zero-order valence-electron chi connectivity index (χ0n) is 13.9. The van der Waals surface area contributed by atoms with Crippen LogP contribution in [0, 0.1) is 0 Å². The maximum absolute atomic E-state index is 12.8. The first-order valence-corrected chi connectivity index (χ1v) is 8.15. The van der Waals surface area contributed by atoms with Crippen LogP contribution in [0.4, 0.5) is 5.82 Å². The van der Waals surface area contributed by atoms with E-state index < -0.39 is 6.10 Å². The molecule has 3 aromatic heterocycles. The van der Waals surface area contributed by atoms with Crippen molar-refractivity contribution in [2.75, 3.05) is 25.4 Å². The number of morpholine rings is 1. The quantitative estimate of drug-likeness (QED) is 0.723. The van der Waals surface area contributed by atoms with E-state index in [0.29, 0.717) is 42.6 Å². The number of anilines is 1. The van der Waals surface area contributed by atoms with Crippen LogP contribution in [-0.2, 0) is 4.74 Å². The van der Waals surface area contributed by atoms with Crippen molar-refractivity contribution in [1.82, 2.24) is 30.0 Å². The van der Waals surface area contributed by atoms with Crippen LogP contribution in [0.25, 0.3) is 11.3 Å². The number of nitrogen functional groups attached to an aromatic ring is 1. The Balaban J connectivity index is 1.51. The lowest BCUT2D eigenvalue weighted by Crippen LogP contribution is -2.42. The molecule has 1 aliphatic heterocycles. The minimum atomic E-state index is -0.401. The summed E-state index contributed by atoms with van der Waals surface area (Å²) in [6, 6.07) is 5.43. The summed E-state index contributed by atoms with van der Waals surface area (Å²) in [6.07, 6.45) is 6.07. The molecule has 0 saturated carbocycles. The molecule has 0 aromatic carbocycles. The van der Waals surface area contributed by atoms with Gasteiger partial charge in [-0.05, 0) is 18.2 Å². The van der Waals surface area contributed by atoms with Gasteiger partial charge in [-0.3, -0.25) is 19.9 Å². The van der Waals surface area contributed by atoms with Gasteiger partial charge in [-0.2, -0.15) is 5.10 Å². The summed E-state index contributed by atoms with van der Waals surface area (Å²) in [4.78, 5) is 26.8. The molecule has 3 aromatic rings. The van der Waals surface area contributed by atoms with Gasteiger partial charge in [-0.25, -0.2) is 4.98 Å². The molecule has 1 unspecified atom stereocenters. The van der Waals surface area contributed by atoms with Gasteiger partial charge in [0, 0.05) is 36.9 Å². The topological polar surface area (TPSA) is 123 Å². The number of hydrogen-bond acceptors (Lipinski definition) is 7. The van der Waals surface area contributed by atoms with Crippen molar-refractivity contribution in [3.63, 3.8) is 0 Å². The van der Waals surface area contributed by atoms with Crippen molar-refractivity contribution in [2.24, 2.45) is 0 Å². The molecule has 0 aliphatic carbocycles. The number of pyridine rings is 1. The number of aromatic amines is 1. The number of carbonyl (C=O) groups is 1. The monoisotopic (exact) mass is 351 g/mol. The smallest absolute Gasteiger partial charge is 0.272 e. The summed E-state index contributed by atoms with van der Waals surface area (Å²) in [5.74, 6) is 0.163. The molecule has 9 nitrogen and oxygen atoms in total. The summed E-state index contributed by atoms with van der Waals surface area (Å²) in [7, 11) is 0. The molecule has 1 saturated heterocycles. The van der Waals surface area contributed by atoms with Crippen molar-refractivity contribution in [2.45, 2.75) is 6.10 Å². The van der Waals surface area contributed by atoms with Crippen LogP contribution >= 0.6 is 0 Å². The maximum atomic E-state index is 12.8. The van der Waals surface area contributed by atoms with Crippen LogP contribution < -0.4 is 5.73 Å². The molecule has 132 valence electrons. The predicted octanol–water partition coefficient (Wildman–Crippen LogP) is 1.06. The van der Waals surface area contributed by atoms with E-state index >= 15 is 0 Å². The van der Waals surface area contributed by atoms with Crippen molar-refractivity contribution in [3.8, 4) is 11.3 Å². The highest BCUT2D eigenvalue weighted by Gasteiger charge is 2.29. The standard InChI is InChI=1S/C17H17N7O2/c18-16-15(20-4-5-21-16)14-10-24(6-7-26-14)17(25)13-8-12(22-23-13)11-2-1-3-19-9-11/h1-5,8-9,14H,6-7,10H2,(H2,18,21)(H,22,23). The van der Waals surface area contributed by atoms with Gasteiger partial charge in [-0.15, -0.1) is 0 Å². The van der Waals surface area contributed by atoms with E-state index in [1.807, 2.05) is 12.1 Å². The fourth-order valence-corrected chi connectivity index (χ4v) is 2.87. The lowest BCUT2D eigenvalue weighted by atomic mass is 10.1. The van der Waals surface area contributed by atoms with Crippen LogP contribution in [0.5, 0.6) is 0 Å². The third kappa shape index (κ3) is 3.11. The second-order valence-corrected chi connectivity index (χ2v) is 5.85. The fraction of sp³-hybridized carbons (Fsp3) is 0.235. The molecule has 0 radical (unpaired) electrons. The number of hydrogen-bond donors (Lipinski definition) is 2. The van der Waals surface area contributed by atoms with Gasteiger partial charge in [0.1, 0.15) is 23.3 Å². The van der Waals surface area contributed by atoms with Gasteiger partial charge < -0.3 is 15.4 Å². The number of nitrogens with zero attached hydrogens (tertiary/aromatic N) is 5. The predicted molar refractivity (Wildman–Crippen MR) is 92.9 cm³/mol. The van der Waals surface area contributed by atoms with E-state index in [0.717, 1.165) is 5.56 Å². The summed E-state index contributed by atoms with van der Waals surface area (Å²) >= 11 is 0. The second kappa shape index (κ2) is 6.89. The van der Waals surface area contributed by atoms with Crippen molar-refractivity contribution >= 4 is 11.7 Å². The number of rotatable bonds is 3. The van der Waals surface area contributed by atoms with Crippen LogP contribution in [-0.4, -0.2) is 55.7 Å². The van der Waals surface area contributed by atoms with Gasteiger partial charge in [0.15, 0.2) is 0 Å². The molecule has 1 atom stereocenters. The van der Waals surface area contributed by atoms with Crippen molar-refractivity contribution in [1.29, 1.82) is 0 Å². The van der Waals surface area contributed by atoms with E-state index in [2.05, 4.69) is 25.1 Å². The third-order valence-corrected chi connectivity index (χ3v) is 4.18. The maximum Gasteiger partial charge on any atom is 0.272 e. The molecule has 1 fully saturated rings. The molecular formula is C17H17N7O2. The van der Waals surface area contributed by atoms with E-state index in [1.165, 1.54) is 6.20 Å². The first kappa shape index (κ1) is 16.2. The van der Waals surface area contributed by atoms with Gasteiger partial charge in [0.25, 0.3) is 5.91 Å². The van der Waals surface area contributed by atoms with E-state index in [4.69, 9.17) is 10.5 Å². The van der Waals surface area contributed by atoms with Crippen LogP contribution in [0.2, 0.25) is 0 Å². The summed E-state index contributed by atoms with van der Waals surface area (Å²) in [5, 5.41) is 7.01. The highest BCUT2D eigenvalue weighted by atomic mass is 16.5. The van der Waals surface area contributed by atoms with Gasteiger partial charge in [0.2, 0.25) is 0 Å². The van der Waals surface area contributed by atoms with Gasteiger partial charge in [-0.1, -0.05) is 0 Å². The average Bonchev–Trinajstić information content (AvgIpc) is 3.19. The minimum absolute atomic E-state index is 0.150. The van der Waals surface area contributed by atoms with Crippen LogP contribution in [0.1, 0.15) is 22.3 Å². The Bertz CT molecular complexity index is 912. The molecule has 4 heterocycles. The fourth-order valence-electron chi connectivity index (χ4n) is 2.87. The number of amides is 1. The first-order chi connectivity index (χ1) is 12.7. The SMILES string of the molecule is Nc1nccnc1C1CN(C(=O)c2cc(-c3cccnc3)n[nH]2)CCO1. The van der Waals surface area contributed by atoms with Gasteiger partial charge >= 0.3 is 0 Å². The summed E-state index contributed by atoms with van der Waals surface area (Å²) in [5.41, 5.74) is 8.35. The van der Waals surface area contributed by atoms with Crippen LogP contribution in [0.15, 0.2) is 43.0 Å².